The molecule has 1 atom stereocenters. The van der Waals surface area contributed by atoms with E-state index >= 15 is 0 Å². The fraction of sp³-hybridized carbons (Fsp3) is 0.467. The van der Waals surface area contributed by atoms with Gasteiger partial charge >= 0.3 is 0 Å². The number of rotatable bonds is 4. The fourth-order valence-corrected chi connectivity index (χ4v) is 3.45. The molecule has 0 radical (unpaired) electrons. The van der Waals surface area contributed by atoms with E-state index in [-0.39, 0.29) is 23.0 Å². The van der Waals surface area contributed by atoms with Crippen molar-refractivity contribution in [2.24, 2.45) is 16.5 Å². The van der Waals surface area contributed by atoms with Gasteiger partial charge < -0.3 is 9.94 Å². The van der Waals surface area contributed by atoms with Crippen LogP contribution in [0.3, 0.4) is 0 Å². The van der Waals surface area contributed by atoms with Gasteiger partial charge in [0.25, 0.3) is 0 Å². The van der Waals surface area contributed by atoms with Crippen molar-refractivity contribution in [2.75, 3.05) is 0 Å². The molecule has 128 valence electrons. The lowest BCUT2D eigenvalue weighted by molar-refractivity contribution is 0.286. The summed E-state index contributed by atoms with van der Waals surface area (Å²) in [7, 11) is 0. The predicted molar refractivity (Wildman–Crippen MR) is 89.9 cm³/mol. The van der Waals surface area contributed by atoms with Crippen molar-refractivity contribution in [1.82, 2.24) is 20.6 Å². The molecule has 0 saturated heterocycles. The number of ether oxygens (including phenoxy) is 1. The van der Waals surface area contributed by atoms with Gasteiger partial charge in [-0.25, -0.2) is 0 Å². The highest BCUT2D eigenvalue weighted by atomic mass is 35.5. The summed E-state index contributed by atoms with van der Waals surface area (Å²) in [6.45, 7) is 6.34. The number of hydrogen-bond acceptors (Lipinski definition) is 6. The van der Waals surface area contributed by atoms with Crippen molar-refractivity contribution in [3.8, 4) is 5.75 Å². The zero-order valence-corrected chi connectivity index (χ0v) is 15.0. The molecule has 2 N–H and O–H groups in total. The van der Waals surface area contributed by atoms with Crippen LogP contribution in [0.25, 0.3) is 0 Å². The van der Waals surface area contributed by atoms with Crippen LogP contribution in [0, 0.1) is 11.3 Å². The highest BCUT2D eigenvalue weighted by molar-refractivity contribution is 6.45. The number of oxime groups is 1. The Morgan fingerprint density at radius 1 is 1.42 bits per heavy atom. The normalized spacial score (nSPS) is 21.5. The molecule has 24 heavy (non-hydrogen) atoms. The maximum absolute atomic E-state index is 9.54. The summed E-state index contributed by atoms with van der Waals surface area (Å²) in [5, 5.41) is 27.1. The Bertz CT molecular complexity index is 792. The van der Waals surface area contributed by atoms with Crippen LogP contribution < -0.4 is 4.74 Å². The molecule has 0 amide bonds. The van der Waals surface area contributed by atoms with E-state index in [4.69, 9.17) is 27.9 Å². The third-order valence-corrected chi connectivity index (χ3v) is 5.56. The Balaban J connectivity index is 2.00. The van der Waals surface area contributed by atoms with Gasteiger partial charge in [0.15, 0.2) is 6.61 Å². The monoisotopic (exact) mass is 369 g/mol. The number of hydrogen-bond donors (Lipinski definition) is 2. The van der Waals surface area contributed by atoms with Crippen molar-refractivity contribution < 1.29 is 9.94 Å². The first-order chi connectivity index (χ1) is 11.4. The van der Waals surface area contributed by atoms with Crippen LogP contribution in [0.15, 0.2) is 11.2 Å². The van der Waals surface area contributed by atoms with Crippen molar-refractivity contribution in [3.63, 3.8) is 0 Å². The van der Waals surface area contributed by atoms with E-state index in [9.17, 15) is 5.21 Å². The Morgan fingerprint density at radius 2 is 2.17 bits per heavy atom. The van der Waals surface area contributed by atoms with Crippen LogP contribution in [0.5, 0.6) is 5.75 Å². The number of aromatic amines is 1. The first-order valence-corrected chi connectivity index (χ1v) is 8.23. The molecule has 0 fully saturated rings. The summed E-state index contributed by atoms with van der Waals surface area (Å²) in [4.78, 5) is 0. The van der Waals surface area contributed by atoms with Gasteiger partial charge in [-0.15, -0.1) is 10.2 Å². The molecule has 1 aliphatic carbocycles. The number of benzene rings is 1. The molecule has 1 aliphatic rings. The maximum Gasteiger partial charge on any atom is 0.211 e. The minimum atomic E-state index is -0.323. The second kappa shape index (κ2) is 6.22. The average molecular weight is 370 g/mol. The third-order valence-electron chi connectivity index (χ3n) is 4.71. The van der Waals surface area contributed by atoms with E-state index in [2.05, 4.69) is 46.6 Å². The molecule has 1 unspecified atom stereocenters. The van der Waals surface area contributed by atoms with Crippen molar-refractivity contribution in [3.05, 3.63) is 33.1 Å². The molecule has 1 aromatic heterocycles. The van der Waals surface area contributed by atoms with Crippen LogP contribution >= 0.6 is 23.2 Å². The standard InChI is InChI=1S/C15H17Cl2N5O2/c1-7(2)15(3)5-8-4-9(24-6-10-18-21-22-19-10)12(16)13(17)11(8)14(15)20-23/h4,7,23H,5-6H2,1-3H3,(H,18,19,21,22). The van der Waals surface area contributed by atoms with Gasteiger partial charge in [-0.05, 0) is 24.0 Å². The van der Waals surface area contributed by atoms with Crippen molar-refractivity contribution >= 4 is 28.9 Å². The number of fused-ring (bicyclic) bond motifs is 1. The maximum atomic E-state index is 9.54. The third kappa shape index (κ3) is 2.61. The molecule has 9 heteroatoms. The SMILES string of the molecule is CC(C)C1(C)Cc2cc(OCc3nn[nH]n3)c(Cl)c(Cl)c2C1=NO. The average Bonchev–Trinajstić information content (AvgIpc) is 3.15. The van der Waals surface area contributed by atoms with Crippen molar-refractivity contribution in [2.45, 2.75) is 33.8 Å². The number of halogens is 2. The fourth-order valence-electron chi connectivity index (χ4n) is 2.95. The zero-order chi connectivity index (χ0) is 17.5. The van der Waals surface area contributed by atoms with Crippen LogP contribution in [0.4, 0.5) is 0 Å². The Kier molecular flexibility index (Phi) is 4.40. The topological polar surface area (TPSA) is 96.3 Å². The Hall–Kier alpha value is -1.86. The molecule has 3 rings (SSSR count). The molecular formula is C15H17Cl2N5O2. The Morgan fingerprint density at radius 3 is 2.75 bits per heavy atom. The van der Waals surface area contributed by atoms with Crippen LogP contribution in [-0.4, -0.2) is 31.5 Å². The summed E-state index contributed by atoms with van der Waals surface area (Å²) < 4.78 is 5.68. The van der Waals surface area contributed by atoms with Crippen LogP contribution in [-0.2, 0) is 13.0 Å². The van der Waals surface area contributed by atoms with Gasteiger partial charge in [0, 0.05) is 11.0 Å². The van der Waals surface area contributed by atoms with E-state index in [0.717, 1.165) is 5.56 Å². The molecule has 0 spiro atoms. The molecular weight excluding hydrogens is 353 g/mol. The van der Waals surface area contributed by atoms with Crippen molar-refractivity contribution in [1.29, 1.82) is 0 Å². The largest absolute Gasteiger partial charge is 0.484 e. The van der Waals surface area contributed by atoms with Gasteiger partial charge in [0.05, 0.1) is 10.7 Å². The highest BCUT2D eigenvalue weighted by Gasteiger charge is 2.44. The molecule has 2 aromatic rings. The number of nitrogens with one attached hydrogen (secondary N) is 1. The molecule has 7 nitrogen and oxygen atoms in total. The summed E-state index contributed by atoms with van der Waals surface area (Å²) in [6, 6.07) is 1.84. The lowest BCUT2D eigenvalue weighted by Gasteiger charge is -2.28. The van der Waals surface area contributed by atoms with Crippen LogP contribution in [0.2, 0.25) is 10.0 Å². The first kappa shape index (κ1) is 17.0. The summed E-state index contributed by atoms with van der Waals surface area (Å²) in [6.07, 6.45) is 0.689. The Labute approximate surface area is 149 Å². The van der Waals surface area contributed by atoms with E-state index < -0.39 is 0 Å². The number of aromatic nitrogens is 4. The minimum absolute atomic E-state index is 0.119. The first-order valence-electron chi connectivity index (χ1n) is 7.47. The quantitative estimate of drug-likeness (QED) is 0.635. The van der Waals surface area contributed by atoms with E-state index in [1.54, 1.807) is 0 Å². The number of nitrogens with zero attached hydrogens (tertiary/aromatic N) is 4. The van der Waals surface area contributed by atoms with Gasteiger partial charge in [-0.3, -0.25) is 0 Å². The molecule has 0 aliphatic heterocycles. The molecule has 1 aromatic carbocycles. The second-order valence-electron chi connectivity index (χ2n) is 6.35. The highest BCUT2D eigenvalue weighted by Crippen LogP contribution is 2.49. The van der Waals surface area contributed by atoms with Gasteiger partial charge in [-0.1, -0.05) is 54.3 Å². The van der Waals surface area contributed by atoms with E-state index in [1.807, 2.05) is 6.07 Å². The van der Waals surface area contributed by atoms with Crippen LogP contribution in [0.1, 0.15) is 37.7 Å². The lowest BCUT2D eigenvalue weighted by atomic mass is 9.75. The van der Waals surface area contributed by atoms with E-state index in [1.165, 1.54) is 0 Å². The smallest absolute Gasteiger partial charge is 0.211 e. The summed E-state index contributed by atoms with van der Waals surface area (Å²) >= 11 is 12.8. The molecule has 0 saturated carbocycles. The summed E-state index contributed by atoms with van der Waals surface area (Å²) in [5.41, 5.74) is 1.86. The zero-order valence-electron chi connectivity index (χ0n) is 13.5. The number of tetrazole rings is 1. The lowest BCUT2D eigenvalue weighted by Crippen LogP contribution is -2.31. The van der Waals surface area contributed by atoms with Gasteiger partial charge in [-0.2, -0.15) is 5.21 Å². The van der Waals surface area contributed by atoms with E-state index in [0.29, 0.717) is 34.3 Å². The van der Waals surface area contributed by atoms with Gasteiger partial charge in [0.1, 0.15) is 10.8 Å². The molecule has 1 heterocycles. The predicted octanol–water partition coefficient (Wildman–Crippen LogP) is 3.48. The minimum Gasteiger partial charge on any atom is -0.484 e. The number of H-pyrrole nitrogens is 1. The summed E-state index contributed by atoms with van der Waals surface area (Å²) in [5.74, 6) is 1.11. The second-order valence-corrected chi connectivity index (χ2v) is 7.11. The van der Waals surface area contributed by atoms with Gasteiger partial charge in [0.2, 0.25) is 5.82 Å². The molecule has 0 bridgehead atoms.